The summed E-state index contributed by atoms with van der Waals surface area (Å²) in [6, 6.07) is 4.31. The number of aliphatic hydroxyl groups is 3. The van der Waals surface area contributed by atoms with Crippen LogP contribution in [-0.4, -0.2) is 85.4 Å². The van der Waals surface area contributed by atoms with Crippen molar-refractivity contribution in [3.63, 3.8) is 0 Å². The van der Waals surface area contributed by atoms with Gasteiger partial charge in [0.15, 0.2) is 0 Å². The van der Waals surface area contributed by atoms with Crippen LogP contribution in [0.2, 0.25) is 0 Å². The number of hydrogen-bond donors (Lipinski definition) is 6. The van der Waals surface area contributed by atoms with Gasteiger partial charge in [-0.3, -0.25) is 0 Å². The second-order valence-electron chi connectivity index (χ2n) is 12.6. The highest BCUT2D eigenvalue weighted by Crippen LogP contribution is 2.30. The fourth-order valence-corrected chi connectivity index (χ4v) is 2.61. The molecule has 0 heterocycles. The summed E-state index contributed by atoms with van der Waals surface area (Å²) in [5, 5.41) is 62.6. The molecule has 0 amide bonds. The van der Waals surface area contributed by atoms with Gasteiger partial charge in [-0.05, 0) is 99.5 Å². The van der Waals surface area contributed by atoms with Gasteiger partial charge in [0.2, 0.25) is 0 Å². The lowest BCUT2D eigenvalue weighted by Crippen LogP contribution is -2.60. The smallest absolute Gasteiger partial charge is 0.423 e. The lowest BCUT2D eigenvalue weighted by molar-refractivity contribution is -0.131. The van der Waals surface area contributed by atoms with E-state index >= 15 is 0 Å². The minimum absolute atomic E-state index is 0.0329. The fraction of sp³-hybridized carbons (Fsp3) is 0.750. The van der Waals surface area contributed by atoms with Crippen LogP contribution in [0.5, 0.6) is 0 Å². The van der Waals surface area contributed by atoms with Crippen LogP contribution in [0.3, 0.4) is 0 Å². The fourth-order valence-electron chi connectivity index (χ4n) is 2.61. The Labute approximate surface area is 217 Å². The molecule has 0 fully saturated rings. The molecule has 0 aliphatic rings. The summed E-state index contributed by atoms with van der Waals surface area (Å²) in [6.07, 6.45) is 0. The molecule has 0 unspecified atom stereocenters. The summed E-state index contributed by atoms with van der Waals surface area (Å²) < 4.78 is 18.2. The van der Waals surface area contributed by atoms with Crippen molar-refractivity contribution in [3.05, 3.63) is 18.2 Å². The zero-order valence-electron chi connectivity index (χ0n) is 23.9. The standard InChI is InChI=1S/C24H45B3O9/c1-19(2,28)22(7,8)34-26(33)17-13-16(25(31)32)14-18(15-17)27(35-23(9,10)20(3,4)29)36-24(11,12)21(5,6)30/h13-15,28-33H,1-12H3. The molecule has 0 atom stereocenters. The molecule has 9 nitrogen and oxygen atoms in total. The molecule has 204 valence electrons. The maximum atomic E-state index is 10.9. The average molecular weight is 510 g/mol. The topological polar surface area (TPSA) is 149 Å². The molecular weight excluding hydrogens is 465 g/mol. The van der Waals surface area contributed by atoms with E-state index in [-0.39, 0.29) is 16.4 Å². The molecule has 1 aromatic rings. The quantitative estimate of drug-likeness (QED) is 0.204. The van der Waals surface area contributed by atoms with Crippen molar-refractivity contribution in [1.82, 2.24) is 0 Å². The molecule has 36 heavy (non-hydrogen) atoms. The number of rotatable bonds is 12. The van der Waals surface area contributed by atoms with Gasteiger partial charge in [-0.25, -0.2) is 0 Å². The summed E-state index contributed by atoms with van der Waals surface area (Å²) in [7, 11) is -4.64. The van der Waals surface area contributed by atoms with E-state index in [9.17, 15) is 30.4 Å². The number of benzene rings is 1. The Bertz CT molecular complexity index is 854. The van der Waals surface area contributed by atoms with Gasteiger partial charge >= 0.3 is 21.4 Å². The van der Waals surface area contributed by atoms with Crippen LogP contribution in [0, 0.1) is 0 Å². The van der Waals surface area contributed by atoms with Crippen molar-refractivity contribution in [2.75, 3.05) is 0 Å². The third-order valence-corrected chi connectivity index (χ3v) is 7.49. The normalized spacial score (nSPS) is 14.2. The second kappa shape index (κ2) is 10.7. The van der Waals surface area contributed by atoms with Gasteiger partial charge in [0, 0.05) is 0 Å². The van der Waals surface area contributed by atoms with Crippen LogP contribution in [0.15, 0.2) is 18.2 Å². The Morgan fingerprint density at radius 2 is 0.806 bits per heavy atom. The van der Waals surface area contributed by atoms with E-state index in [1.807, 2.05) is 0 Å². The first-order chi connectivity index (χ1) is 15.7. The van der Waals surface area contributed by atoms with Gasteiger partial charge in [-0.1, -0.05) is 18.2 Å². The van der Waals surface area contributed by atoms with Crippen LogP contribution in [0.4, 0.5) is 0 Å². The first kappa shape index (κ1) is 33.1. The van der Waals surface area contributed by atoms with Gasteiger partial charge < -0.3 is 44.4 Å². The molecule has 0 saturated carbocycles. The predicted molar refractivity (Wildman–Crippen MR) is 144 cm³/mol. The largest absolute Gasteiger partial charge is 0.494 e. The van der Waals surface area contributed by atoms with E-state index in [1.165, 1.54) is 18.2 Å². The zero-order chi connectivity index (χ0) is 28.7. The van der Waals surface area contributed by atoms with Gasteiger partial charge in [-0.2, -0.15) is 0 Å². The molecule has 1 rings (SSSR count). The van der Waals surface area contributed by atoms with Gasteiger partial charge in [0.1, 0.15) is 0 Å². The Balaban J connectivity index is 3.68. The SMILES string of the molecule is CC(C)(O)C(C)(C)OB(O)c1cc(B(O)O)cc(B(OC(C)(C)C(C)(C)O)OC(C)(C)C(C)(C)O)c1. The van der Waals surface area contributed by atoms with E-state index < -0.39 is 55.0 Å². The van der Waals surface area contributed by atoms with Crippen molar-refractivity contribution in [3.8, 4) is 0 Å². The van der Waals surface area contributed by atoms with Crippen LogP contribution < -0.4 is 16.4 Å². The molecule has 0 radical (unpaired) electrons. The molecule has 0 aliphatic carbocycles. The molecule has 0 bridgehead atoms. The molecule has 0 aromatic heterocycles. The summed E-state index contributed by atoms with van der Waals surface area (Å²) in [6.45, 7) is 19.4. The Morgan fingerprint density at radius 3 is 1.14 bits per heavy atom. The molecule has 12 heteroatoms. The zero-order valence-corrected chi connectivity index (χ0v) is 23.9. The van der Waals surface area contributed by atoms with Crippen LogP contribution in [-0.2, 0) is 14.0 Å². The monoisotopic (exact) mass is 510 g/mol. The average Bonchev–Trinajstić information content (AvgIpc) is 2.63. The molecule has 0 saturated heterocycles. The highest BCUT2D eigenvalue weighted by atomic mass is 16.6. The Hall–Kier alpha value is -0.945. The predicted octanol–water partition coefficient (Wildman–Crippen LogP) is -0.553. The van der Waals surface area contributed by atoms with Crippen molar-refractivity contribution >= 4 is 37.7 Å². The van der Waals surface area contributed by atoms with E-state index in [2.05, 4.69) is 0 Å². The maximum Gasteiger partial charge on any atom is 0.494 e. The lowest BCUT2D eigenvalue weighted by atomic mass is 9.65. The first-order valence-electron chi connectivity index (χ1n) is 12.1. The third-order valence-electron chi connectivity index (χ3n) is 7.49. The van der Waals surface area contributed by atoms with Gasteiger partial charge in [0.05, 0.1) is 33.6 Å². The summed E-state index contributed by atoms with van der Waals surface area (Å²) in [4.78, 5) is 0. The van der Waals surface area contributed by atoms with Gasteiger partial charge in [0.25, 0.3) is 0 Å². The molecule has 0 aliphatic heterocycles. The van der Waals surface area contributed by atoms with Crippen molar-refractivity contribution < 1.29 is 44.4 Å². The van der Waals surface area contributed by atoms with Crippen LogP contribution in [0.1, 0.15) is 83.1 Å². The highest BCUT2D eigenvalue weighted by molar-refractivity contribution is 6.67. The molecular formula is C24H45B3O9. The molecule has 0 spiro atoms. The van der Waals surface area contributed by atoms with Gasteiger partial charge in [-0.15, -0.1) is 0 Å². The van der Waals surface area contributed by atoms with E-state index in [0.29, 0.717) is 0 Å². The Kier molecular flexibility index (Phi) is 9.80. The van der Waals surface area contributed by atoms with E-state index in [4.69, 9.17) is 14.0 Å². The van der Waals surface area contributed by atoms with Crippen molar-refractivity contribution in [2.45, 2.75) is 117 Å². The van der Waals surface area contributed by atoms with E-state index in [0.717, 1.165) is 0 Å². The van der Waals surface area contributed by atoms with Crippen LogP contribution in [0.25, 0.3) is 0 Å². The second-order valence-corrected chi connectivity index (χ2v) is 12.6. The minimum Gasteiger partial charge on any atom is -0.423 e. The lowest BCUT2D eigenvalue weighted by Gasteiger charge is -2.43. The summed E-state index contributed by atoms with van der Waals surface area (Å²) >= 11 is 0. The third kappa shape index (κ3) is 8.03. The van der Waals surface area contributed by atoms with Crippen molar-refractivity contribution in [2.24, 2.45) is 0 Å². The number of hydrogen-bond acceptors (Lipinski definition) is 9. The van der Waals surface area contributed by atoms with E-state index in [1.54, 1.807) is 83.1 Å². The molecule has 1 aromatic carbocycles. The Morgan fingerprint density at radius 1 is 0.500 bits per heavy atom. The molecule has 6 N–H and O–H groups in total. The first-order valence-corrected chi connectivity index (χ1v) is 12.1. The van der Waals surface area contributed by atoms with Crippen molar-refractivity contribution in [1.29, 1.82) is 0 Å². The summed E-state index contributed by atoms with van der Waals surface area (Å²) in [5.41, 5.74) is -6.90. The highest BCUT2D eigenvalue weighted by Gasteiger charge is 2.46. The summed E-state index contributed by atoms with van der Waals surface area (Å²) in [5.74, 6) is 0. The maximum absolute atomic E-state index is 10.9. The minimum atomic E-state index is -1.89. The van der Waals surface area contributed by atoms with Crippen LogP contribution >= 0.6 is 0 Å².